The molecule has 8 nitrogen and oxygen atoms in total. The van der Waals surface area contributed by atoms with E-state index in [4.69, 9.17) is 4.74 Å². The Balaban J connectivity index is 1.31. The van der Waals surface area contributed by atoms with Crippen molar-refractivity contribution >= 4 is 23.9 Å². The summed E-state index contributed by atoms with van der Waals surface area (Å²) < 4.78 is 5.14. The van der Waals surface area contributed by atoms with Crippen molar-refractivity contribution in [3.63, 3.8) is 0 Å². The molecule has 1 atom stereocenters. The molecule has 27 heavy (non-hydrogen) atoms. The molecule has 142 valence electrons. The molecule has 0 radical (unpaired) electrons. The van der Waals surface area contributed by atoms with Crippen molar-refractivity contribution in [1.29, 1.82) is 0 Å². The Labute approximate surface area is 158 Å². The molecule has 0 bridgehead atoms. The molecule has 1 aromatic carbocycles. The predicted octanol–water partition coefficient (Wildman–Crippen LogP) is 1.83. The van der Waals surface area contributed by atoms with Crippen LogP contribution in [-0.4, -0.2) is 78.8 Å². The van der Waals surface area contributed by atoms with Crippen LogP contribution in [0.5, 0.6) is 5.75 Å². The number of anilines is 1. The molecular weight excluding hydrogens is 344 g/mol. The summed E-state index contributed by atoms with van der Waals surface area (Å²) in [5.41, 5.74) is 0.760. The Morgan fingerprint density at radius 2 is 1.93 bits per heavy atom. The third kappa shape index (κ3) is 3.60. The van der Waals surface area contributed by atoms with E-state index in [1.54, 1.807) is 7.11 Å². The maximum Gasteiger partial charge on any atom is 0.321 e. The molecule has 8 heteroatoms. The average Bonchev–Trinajstić information content (AvgIpc) is 3.09. The average molecular weight is 368 g/mol. The molecule has 0 aliphatic carbocycles. The van der Waals surface area contributed by atoms with Crippen molar-refractivity contribution in [2.45, 2.75) is 13.0 Å². The van der Waals surface area contributed by atoms with Gasteiger partial charge in [0.15, 0.2) is 0 Å². The summed E-state index contributed by atoms with van der Waals surface area (Å²) in [5, 5.41) is 2.94. The minimum Gasteiger partial charge on any atom is -0.497 e. The van der Waals surface area contributed by atoms with Crippen molar-refractivity contribution < 1.29 is 9.53 Å². The van der Waals surface area contributed by atoms with Gasteiger partial charge in [0.25, 0.3) is 0 Å². The molecule has 3 aliphatic rings. The van der Waals surface area contributed by atoms with Crippen LogP contribution < -0.4 is 10.1 Å². The highest BCUT2D eigenvalue weighted by molar-refractivity contribution is 6.03. The second kappa shape index (κ2) is 7.30. The number of benzene rings is 1. The van der Waals surface area contributed by atoms with E-state index in [9.17, 15) is 4.79 Å². The van der Waals surface area contributed by atoms with Gasteiger partial charge in [-0.15, -0.1) is 0 Å². The molecule has 1 fully saturated rings. The Hall–Kier alpha value is -3.03. The van der Waals surface area contributed by atoms with Crippen LogP contribution in [0.3, 0.4) is 0 Å². The van der Waals surface area contributed by atoms with Crippen LogP contribution in [0.2, 0.25) is 0 Å². The summed E-state index contributed by atoms with van der Waals surface area (Å²) in [6.45, 7) is 5.76. The number of hydrogen-bond donors (Lipinski definition) is 1. The molecule has 2 amide bonds. The zero-order valence-electron chi connectivity index (χ0n) is 15.6. The maximum absolute atomic E-state index is 12.5. The van der Waals surface area contributed by atoms with Gasteiger partial charge in [-0.1, -0.05) is 0 Å². The van der Waals surface area contributed by atoms with Gasteiger partial charge in [0.05, 0.1) is 26.0 Å². The number of hydrogen-bond acceptors (Lipinski definition) is 6. The van der Waals surface area contributed by atoms with E-state index in [0.29, 0.717) is 19.1 Å². The first kappa shape index (κ1) is 17.4. The lowest BCUT2D eigenvalue weighted by molar-refractivity contribution is 0.166. The highest BCUT2D eigenvalue weighted by Gasteiger charge is 2.28. The second-order valence-corrected chi connectivity index (χ2v) is 6.84. The third-order valence-electron chi connectivity index (χ3n) is 5.06. The molecule has 3 aliphatic heterocycles. The molecule has 1 saturated heterocycles. The van der Waals surface area contributed by atoms with E-state index < -0.39 is 0 Å². The summed E-state index contributed by atoms with van der Waals surface area (Å²) in [4.78, 5) is 27.7. The zero-order valence-corrected chi connectivity index (χ0v) is 15.6. The number of urea groups is 1. The summed E-state index contributed by atoms with van der Waals surface area (Å²) >= 11 is 0. The Kier molecular flexibility index (Phi) is 4.70. The number of carbonyl (C=O) groups is 1. The van der Waals surface area contributed by atoms with Crippen LogP contribution in [0.25, 0.3) is 0 Å². The monoisotopic (exact) mass is 368 g/mol. The number of rotatable bonds is 3. The zero-order chi connectivity index (χ0) is 18.8. The lowest BCUT2D eigenvalue weighted by atomic mass is 10.2. The lowest BCUT2D eigenvalue weighted by Gasteiger charge is -2.37. The van der Waals surface area contributed by atoms with Gasteiger partial charge in [0, 0.05) is 37.9 Å². The molecule has 0 spiro atoms. The molecular formula is C19H24N6O2. The molecule has 0 unspecified atom stereocenters. The molecule has 0 aromatic heterocycles. The number of nitrogens with zero attached hydrogens (tertiary/aromatic N) is 5. The molecule has 1 N–H and O–H groups in total. The van der Waals surface area contributed by atoms with E-state index in [0.717, 1.165) is 42.7 Å². The summed E-state index contributed by atoms with van der Waals surface area (Å²) in [7, 11) is 1.62. The largest absolute Gasteiger partial charge is 0.497 e. The number of amides is 2. The fourth-order valence-electron chi connectivity index (χ4n) is 3.38. The smallest absolute Gasteiger partial charge is 0.321 e. The van der Waals surface area contributed by atoms with Crippen LogP contribution in [0, 0.1) is 0 Å². The van der Waals surface area contributed by atoms with Crippen molar-refractivity contribution in [2.75, 3.05) is 45.2 Å². The first-order valence-corrected chi connectivity index (χ1v) is 9.17. The van der Waals surface area contributed by atoms with Gasteiger partial charge in [-0.2, -0.15) is 0 Å². The number of methoxy groups -OCH3 is 1. The highest BCUT2D eigenvalue weighted by Crippen LogP contribution is 2.20. The van der Waals surface area contributed by atoms with Gasteiger partial charge < -0.3 is 24.8 Å². The fraction of sp³-hybridized carbons (Fsp3) is 0.421. The lowest BCUT2D eigenvalue weighted by Crippen LogP contribution is -2.50. The summed E-state index contributed by atoms with van der Waals surface area (Å²) in [6.07, 6.45) is 3.91. The molecule has 3 heterocycles. The van der Waals surface area contributed by atoms with Gasteiger partial charge in [-0.3, -0.25) is 4.99 Å². The van der Waals surface area contributed by atoms with Crippen molar-refractivity contribution in [2.24, 2.45) is 9.98 Å². The van der Waals surface area contributed by atoms with Gasteiger partial charge in [-0.25, -0.2) is 9.79 Å². The first-order chi connectivity index (χ1) is 13.1. The van der Waals surface area contributed by atoms with Gasteiger partial charge in [0.1, 0.15) is 17.4 Å². The topological polar surface area (TPSA) is 72.8 Å². The third-order valence-corrected chi connectivity index (χ3v) is 5.06. The molecule has 4 rings (SSSR count). The number of ether oxygens (including phenoxy) is 1. The van der Waals surface area contributed by atoms with Crippen LogP contribution in [0.1, 0.15) is 6.92 Å². The number of aliphatic imine (C=N–C) groups is 2. The maximum atomic E-state index is 12.5. The summed E-state index contributed by atoms with van der Waals surface area (Å²) in [5.74, 6) is 2.67. The van der Waals surface area contributed by atoms with E-state index in [1.165, 1.54) is 0 Å². The molecule has 0 saturated carbocycles. The normalized spacial score (nSPS) is 21.6. The highest BCUT2D eigenvalue weighted by atomic mass is 16.5. The minimum atomic E-state index is -0.0823. The molecule has 1 aromatic rings. The first-order valence-electron chi connectivity index (χ1n) is 9.17. The van der Waals surface area contributed by atoms with Crippen LogP contribution in [0.15, 0.2) is 46.1 Å². The van der Waals surface area contributed by atoms with E-state index in [-0.39, 0.29) is 6.03 Å². The number of fused-ring (bicyclic) bond motifs is 1. The van der Waals surface area contributed by atoms with E-state index in [2.05, 4.69) is 32.0 Å². The summed E-state index contributed by atoms with van der Waals surface area (Å²) in [6, 6.07) is 7.63. The van der Waals surface area contributed by atoms with Crippen LogP contribution >= 0.6 is 0 Å². The van der Waals surface area contributed by atoms with Crippen molar-refractivity contribution in [3.05, 3.63) is 36.2 Å². The van der Waals surface area contributed by atoms with Gasteiger partial charge in [0.2, 0.25) is 0 Å². The van der Waals surface area contributed by atoms with Crippen molar-refractivity contribution in [3.8, 4) is 5.75 Å². The minimum absolute atomic E-state index is 0.0823. The SMILES string of the molecule is COc1ccc(NC(=O)N2CCN(C3=CC4=NC[C@@H](C)N4C=N3)CC2)cc1. The van der Waals surface area contributed by atoms with Gasteiger partial charge >= 0.3 is 6.03 Å². The van der Waals surface area contributed by atoms with Crippen LogP contribution in [-0.2, 0) is 0 Å². The van der Waals surface area contributed by atoms with E-state index in [1.807, 2.05) is 41.6 Å². The Morgan fingerprint density at radius 3 is 2.63 bits per heavy atom. The standard InChI is InChI=1S/C19H24N6O2/c1-14-12-20-18-11-17(21-13-25(14)18)23-7-9-24(10-8-23)19(26)22-15-3-5-16(27-2)6-4-15/h3-6,11,13-14H,7-10,12H2,1-2H3,(H,22,26)/t14-/m1/s1. The van der Waals surface area contributed by atoms with Gasteiger partial charge in [-0.05, 0) is 31.2 Å². The second-order valence-electron chi connectivity index (χ2n) is 6.84. The Bertz CT molecular complexity index is 793. The number of amidine groups is 1. The Morgan fingerprint density at radius 1 is 1.19 bits per heavy atom. The van der Waals surface area contributed by atoms with E-state index >= 15 is 0 Å². The predicted molar refractivity (Wildman–Crippen MR) is 105 cm³/mol. The van der Waals surface area contributed by atoms with Crippen molar-refractivity contribution in [1.82, 2.24) is 14.7 Å². The van der Waals surface area contributed by atoms with Crippen LogP contribution in [0.4, 0.5) is 10.5 Å². The number of piperazine rings is 1. The number of nitrogens with one attached hydrogen (secondary N) is 1. The fourth-order valence-corrected chi connectivity index (χ4v) is 3.38. The number of carbonyl (C=O) groups excluding carboxylic acids is 1. The quantitative estimate of drug-likeness (QED) is 0.884.